The number of para-hydroxylation sites is 1. The van der Waals surface area contributed by atoms with Gasteiger partial charge < -0.3 is 10.1 Å². The summed E-state index contributed by atoms with van der Waals surface area (Å²) in [6.07, 6.45) is 4.18. The summed E-state index contributed by atoms with van der Waals surface area (Å²) in [6.45, 7) is 4.97. The molecular weight excluding hydrogens is 260 g/mol. The molecule has 0 saturated heterocycles. The monoisotopic (exact) mass is 284 g/mol. The second kappa shape index (κ2) is 7.23. The Hall–Kier alpha value is -1.87. The molecule has 0 atom stereocenters. The van der Waals surface area contributed by atoms with Crippen molar-refractivity contribution in [1.82, 2.24) is 10.3 Å². The number of aryl methyl sites for hydroxylation is 3. The molecule has 21 heavy (non-hydrogen) atoms. The molecule has 2 heterocycles. The minimum absolute atomic E-state index is 0.822. The van der Waals surface area contributed by atoms with Crippen molar-refractivity contribution in [2.24, 2.45) is 0 Å². The van der Waals surface area contributed by atoms with Gasteiger partial charge in [-0.25, -0.2) is 0 Å². The molecule has 3 heteroatoms. The third-order valence-electron chi connectivity index (χ3n) is 3.47. The van der Waals surface area contributed by atoms with Gasteiger partial charge in [0.2, 0.25) is 0 Å². The van der Waals surface area contributed by atoms with Crippen LogP contribution in [0.5, 0.6) is 5.75 Å². The number of benzene rings is 1. The van der Waals surface area contributed by atoms with Gasteiger partial charge in [0.05, 0.1) is 6.61 Å². The Morgan fingerprint density at radius 3 is 2.62 bits per heavy atom. The average Bonchev–Trinajstić information content (AvgIpc) is 2.48. The third kappa shape index (κ3) is 3.61. The first kappa shape index (κ1) is 15.5. The number of nitrogens with zero attached hydrogens (tertiary/aromatic N) is 1. The van der Waals surface area contributed by atoms with Crippen LogP contribution in [-0.4, -0.2) is 25.7 Å². The molecule has 0 radical (unpaired) electrons. The molecule has 0 spiro atoms. The van der Waals surface area contributed by atoms with Gasteiger partial charge in [-0.05, 0) is 58.0 Å². The summed E-state index contributed by atoms with van der Waals surface area (Å²) in [6, 6.07) is 8.53. The molecule has 2 aromatic rings. The summed E-state index contributed by atoms with van der Waals surface area (Å²) in [4.78, 5) is 4.41. The van der Waals surface area contributed by atoms with E-state index in [4.69, 9.17) is 4.74 Å². The van der Waals surface area contributed by atoms with Crippen LogP contribution in [0.1, 0.15) is 23.2 Å². The highest BCUT2D eigenvalue weighted by Gasteiger charge is 2.16. The average molecular weight is 284 g/mol. The first-order chi connectivity index (χ1) is 10.2. The summed E-state index contributed by atoms with van der Waals surface area (Å²) >= 11 is 0. The number of nitrogens with one attached hydrogen (secondary N) is 1. The van der Waals surface area contributed by atoms with Crippen molar-refractivity contribution in [3.05, 3.63) is 47.3 Å². The van der Waals surface area contributed by atoms with E-state index < -0.39 is 0 Å². The van der Waals surface area contributed by atoms with Crippen LogP contribution in [0.25, 0.3) is 11.1 Å². The first-order valence-electron chi connectivity index (χ1n) is 7.44. The van der Waals surface area contributed by atoms with E-state index >= 15 is 0 Å². The predicted molar refractivity (Wildman–Crippen MR) is 87.9 cm³/mol. The summed E-state index contributed by atoms with van der Waals surface area (Å²) in [5, 5.41) is 2.75. The van der Waals surface area contributed by atoms with E-state index in [1.165, 1.54) is 22.3 Å². The fourth-order valence-corrected chi connectivity index (χ4v) is 2.58. The Kier molecular flexibility index (Phi) is 5.34. The van der Waals surface area contributed by atoms with Crippen LogP contribution in [0, 0.1) is 13.8 Å². The van der Waals surface area contributed by atoms with E-state index in [0.29, 0.717) is 0 Å². The Bertz CT molecular complexity index is 608. The molecule has 3 nitrogen and oxygen atoms in total. The highest BCUT2D eigenvalue weighted by molar-refractivity contribution is 5.74. The molecule has 0 bridgehead atoms. The van der Waals surface area contributed by atoms with Crippen LogP contribution in [0.3, 0.4) is 0 Å². The summed E-state index contributed by atoms with van der Waals surface area (Å²) < 4.78 is 5.87. The molecule has 0 unspecified atom stereocenters. The van der Waals surface area contributed by atoms with Crippen molar-refractivity contribution in [3.63, 3.8) is 0 Å². The lowest BCUT2D eigenvalue weighted by molar-refractivity contribution is 0.289. The fourth-order valence-electron chi connectivity index (χ4n) is 2.58. The van der Waals surface area contributed by atoms with E-state index in [1.54, 1.807) is 0 Å². The largest absolute Gasteiger partial charge is 0.493 e. The zero-order valence-electron chi connectivity index (χ0n) is 13.4. The molecular formula is C18H24N2O. The number of aromatic nitrogens is 1. The van der Waals surface area contributed by atoms with Crippen molar-refractivity contribution in [3.8, 4) is 16.9 Å². The normalized spacial score (nSPS) is 12.8. The molecule has 0 saturated carbocycles. The van der Waals surface area contributed by atoms with Gasteiger partial charge in [0.1, 0.15) is 5.75 Å². The number of hydrogen-bond donors (Lipinski definition) is 1. The van der Waals surface area contributed by atoms with Gasteiger partial charge in [-0.15, -0.1) is 0 Å². The molecule has 0 amide bonds. The molecule has 1 aliphatic heterocycles. The molecule has 1 aliphatic rings. The predicted octanol–water partition coefficient (Wildman–Crippen LogP) is 3.53. The molecule has 0 aliphatic carbocycles. The lowest BCUT2D eigenvalue weighted by Gasteiger charge is -2.21. The van der Waals surface area contributed by atoms with Crippen LogP contribution in [0.4, 0.5) is 0 Å². The van der Waals surface area contributed by atoms with E-state index in [-0.39, 0.29) is 0 Å². The van der Waals surface area contributed by atoms with Gasteiger partial charge in [-0.2, -0.15) is 0 Å². The molecule has 3 rings (SSSR count). The molecule has 1 N–H and O–H groups in total. The summed E-state index contributed by atoms with van der Waals surface area (Å²) in [5.41, 5.74) is 5.99. The zero-order valence-corrected chi connectivity index (χ0v) is 13.4. The Morgan fingerprint density at radius 1 is 1.14 bits per heavy atom. The Balaban J connectivity index is 0.000000497. The van der Waals surface area contributed by atoms with Crippen LogP contribution in [0.2, 0.25) is 0 Å². The lowest BCUT2D eigenvalue weighted by atomic mass is 9.96. The zero-order chi connectivity index (χ0) is 15.2. The van der Waals surface area contributed by atoms with Crippen LogP contribution < -0.4 is 10.1 Å². The summed E-state index contributed by atoms with van der Waals surface area (Å²) in [5.74, 6) is 1.05. The van der Waals surface area contributed by atoms with Gasteiger partial charge in [-0.3, -0.25) is 4.98 Å². The number of pyridine rings is 1. The van der Waals surface area contributed by atoms with Crippen molar-refractivity contribution < 1.29 is 4.74 Å². The summed E-state index contributed by atoms with van der Waals surface area (Å²) in [7, 11) is 3.75. The van der Waals surface area contributed by atoms with Crippen LogP contribution in [0.15, 0.2) is 30.5 Å². The topological polar surface area (TPSA) is 34.1 Å². The second-order valence-corrected chi connectivity index (χ2v) is 5.39. The van der Waals surface area contributed by atoms with Gasteiger partial charge >= 0.3 is 0 Å². The maximum absolute atomic E-state index is 5.87. The first-order valence-corrected chi connectivity index (χ1v) is 7.44. The van der Waals surface area contributed by atoms with E-state index in [2.05, 4.69) is 41.5 Å². The smallest absolute Gasteiger partial charge is 0.130 e. The highest BCUT2D eigenvalue weighted by atomic mass is 16.5. The van der Waals surface area contributed by atoms with Gasteiger partial charge in [0.25, 0.3) is 0 Å². The Morgan fingerprint density at radius 2 is 1.90 bits per heavy atom. The maximum Gasteiger partial charge on any atom is 0.130 e. The van der Waals surface area contributed by atoms with Crippen molar-refractivity contribution >= 4 is 0 Å². The molecule has 112 valence electrons. The van der Waals surface area contributed by atoms with Gasteiger partial charge in [0, 0.05) is 23.0 Å². The van der Waals surface area contributed by atoms with Crippen LogP contribution in [-0.2, 0) is 6.42 Å². The quantitative estimate of drug-likeness (QED) is 0.870. The van der Waals surface area contributed by atoms with Crippen molar-refractivity contribution in [2.45, 2.75) is 26.7 Å². The SMILES string of the molecule is CNC.Cc1cc(C)c(-c2cccc3c2OCCC3)cn1. The standard InChI is InChI=1S/C16H17NO.C2H7N/c1-11-9-12(2)17-10-15(11)14-7-3-5-13-6-4-8-18-16(13)14;1-3-2/h3,5,7,9-10H,4,6,8H2,1-2H3;3H,1-2H3. The van der Waals surface area contributed by atoms with E-state index in [1.807, 2.05) is 27.2 Å². The molecule has 1 aromatic heterocycles. The highest BCUT2D eigenvalue weighted by Crippen LogP contribution is 2.37. The lowest BCUT2D eigenvalue weighted by Crippen LogP contribution is -2.09. The van der Waals surface area contributed by atoms with E-state index in [9.17, 15) is 0 Å². The third-order valence-corrected chi connectivity index (χ3v) is 3.47. The Labute approximate surface area is 127 Å². The molecule has 0 fully saturated rings. The van der Waals surface area contributed by atoms with Crippen LogP contribution >= 0.6 is 0 Å². The fraction of sp³-hybridized carbons (Fsp3) is 0.389. The maximum atomic E-state index is 5.87. The molecule has 1 aromatic carbocycles. The van der Waals surface area contributed by atoms with Gasteiger partial charge in [-0.1, -0.05) is 18.2 Å². The minimum Gasteiger partial charge on any atom is -0.493 e. The van der Waals surface area contributed by atoms with Crippen molar-refractivity contribution in [2.75, 3.05) is 20.7 Å². The number of rotatable bonds is 1. The minimum atomic E-state index is 0.822. The number of ether oxygens (including phenoxy) is 1. The van der Waals surface area contributed by atoms with Gasteiger partial charge in [0.15, 0.2) is 0 Å². The second-order valence-electron chi connectivity index (χ2n) is 5.39. The number of hydrogen-bond acceptors (Lipinski definition) is 3. The van der Waals surface area contributed by atoms with E-state index in [0.717, 1.165) is 30.9 Å². The van der Waals surface area contributed by atoms with Crippen molar-refractivity contribution in [1.29, 1.82) is 0 Å². The number of fused-ring (bicyclic) bond motifs is 1.